The molecule has 0 amide bonds. The van der Waals surface area contributed by atoms with E-state index in [1.54, 1.807) is 0 Å². The highest BCUT2D eigenvalue weighted by Crippen LogP contribution is 2.51. The molecular formula is C12H21N3. The van der Waals surface area contributed by atoms with E-state index in [0.717, 1.165) is 12.2 Å². The lowest BCUT2D eigenvalue weighted by molar-refractivity contribution is 0.379. The normalized spacial score (nSPS) is 20.2. The molecule has 1 atom stereocenters. The van der Waals surface area contributed by atoms with E-state index in [1.165, 1.54) is 25.7 Å². The molecule has 1 aromatic rings. The summed E-state index contributed by atoms with van der Waals surface area (Å²) in [6.07, 6.45) is 9.18. The van der Waals surface area contributed by atoms with Gasteiger partial charge < -0.3 is 10.3 Å². The first-order valence-electron chi connectivity index (χ1n) is 5.92. The van der Waals surface area contributed by atoms with Crippen molar-refractivity contribution in [3.63, 3.8) is 0 Å². The molecule has 0 aliphatic heterocycles. The van der Waals surface area contributed by atoms with Crippen LogP contribution in [0.5, 0.6) is 0 Å². The second kappa shape index (κ2) is 3.97. The minimum absolute atomic E-state index is 0.0879. The fourth-order valence-corrected chi connectivity index (χ4v) is 2.40. The zero-order valence-electron chi connectivity index (χ0n) is 9.74. The number of imidazole rings is 1. The lowest BCUT2D eigenvalue weighted by atomic mass is 10.0. The average Bonchev–Trinajstić information content (AvgIpc) is 2.77. The maximum atomic E-state index is 5.91. The topological polar surface area (TPSA) is 43.8 Å². The van der Waals surface area contributed by atoms with Crippen molar-refractivity contribution in [2.75, 3.05) is 0 Å². The van der Waals surface area contributed by atoms with Gasteiger partial charge in [0.1, 0.15) is 0 Å². The Morgan fingerprint density at radius 3 is 2.87 bits per heavy atom. The number of hydrogen-bond donors (Lipinski definition) is 1. The summed E-state index contributed by atoms with van der Waals surface area (Å²) in [7, 11) is 0. The van der Waals surface area contributed by atoms with Crippen molar-refractivity contribution in [1.29, 1.82) is 0 Å². The molecule has 0 spiro atoms. The lowest BCUT2D eigenvalue weighted by Crippen LogP contribution is -2.17. The van der Waals surface area contributed by atoms with Gasteiger partial charge in [0.15, 0.2) is 0 Å². The molecule has 0 bridgehead atoms. The van der Waals surface area contributed by atoms with E-state index in [2.05, 4.69) is 16.5 Å². The third kappa shape index (κ3) is 2.23. The molecule has 0 aromatic carbocycles. The van der Waals surface area contributed by atoms with Crippen molar-refractivity contribution in [3.8, 4) is 0 Å². The lowest BCUT2D eigenvalue weighted by Gasteiger charge is -2.18. The number of hydrogen-bond acceptors (Lipinski definition) is 2. The minimum atomic E-state index is 0.0879. The second-order valence-electron chi connectivity index (χ2n) is 4.99. The summed E-state index contributed by atoms with van der Waals surface area (Å²) in [6, 6.07) is 0.0879. The van der Waals surface area contributed by atoms with Gasteiger partial charge in [-0.05, 0) is 31.6 Å². The van der Waals surface area contributed by atoms with Crippen LogP contribution in [0, 0.1) is 5.41 Å². The molecule has 2 rings (SSSR count). The summed E-state index contributed by atoms with van der Waals surface area (Å²) < 4.78 is 2.24. The highest BCUT2D eigenvalue weighted by Gasteiger charge is 2.41. The Bertz CT molecular complexity index is 323. The Kier molecular flexibility index (Phi) is 2.83. The molecule has 84 valence electrons. The molecule has 0 unspecified atom stereocenters. The molecular weight excluding hydrogens is 186 g/mol. The first kappa shape index (κ1) is 10.7. The van der Waals surface area contributed by atoms with Crippen molar-refractivity contribution in [2.45, 2.75) is 52.1 Å². The van der Waals surface area contributed by atoms with Crippen molar-refractivity contribution in [1.82, 2.24) is 9.55 Å². The van der Waals surface area contributed by atoms with Gasteiger partial charge in [-0.25, -0.2) is 4.98 Å². The van der Waals surface area contributed by atoms with Crippen molar-refractivity contribution >= 4 is 0 Å². The van der Waals surface area contributed by atoms with Crippen LogP contribution in [0.1, 0.15) is 51.3 Å². The van der Waals surface area contributed by atoms with Crippen LogP contribution in [0.2, 0.25) is 0 Å². The van der Waals surface area contributed by atoms with Crippen LogP contribution in [-0.2, 0) is 6.54 Å². The van der Waals surface area contributed by atoms with Gasteiger partial charge in [0.25, 0.3) is 0 Å². The molecule has 1 saturated carbocycles. The number of rotatable bonds is 5. The van der Waals surface area contributed by atoms with Crippen molar-refractivity contribution in [2.24, 2.45) is 11.1 Å². The Labute approximate surface area is 91.7 Å². The Balaban J connectivity index is 2.07. The average molecular weight is 207 g/mol. The summed E-state index contributed by atoms with van der Waals surface area (Å²) in [5, 5.41) is 0. The van der Waals surface area contributed by atoms with E-state index >= 15 is 0 Å². The fraction of sp³-hybridized carbons (Fsp3) is 0.750. The Morgan fingerprint density at radius 2 is 2.33 bits per heavy atom. The van der Waals surface area contributed by atoms with Crippen LogP contribution in [0.4, 0.5) is 0 Å². The minimum Gasteiger partial charge on any atom is -0.333 e. The monoisotopic (exact) mass is 207 g/mol. The summed E-state index contributed by atoms with van der Waals surface area (Å²) in [5.74, 6) is 0. The number of aromatic nitrogens is 2. The first-order valence-corrected chi connectivity index (χ1v) is 5.92. The third-order valence-electron chi connectivity index (χ3n) is 3.45. The first-order chi connectivity index (χ1) is 7.17. The zero-order valence-corrected chi connectivity index (χ0v) is 9.74. The maximum absolute atomic E-state index is 5.91. The molecule has 1 aliphatic rings. The quantitative estimate of drug-likeness (QED) is 0.806. The Hall–Kier alpha value is -0.830. The second-order valence-corrected chi connectivity index (χ2v) is 4.99. The molecule has 3 heteroatoms. The summed E-state index contributed by atoms with van der Waals surface area (Å²) in [6.45, 7) is 5.39. The van der Waals surface area contributed by atoms with E-state index in [0.29, 0.717) is 5.41 Å². The molecule has 1 fully saturated rings. The predicted molar refractivity (Wildman–Crippen MR) is 61.4 cm³/mol. The smallest absolute Gasteiger partial charge is 0.0948 e. The fourth-order valence-electron chi connectivity index (χ4n) is 2.40. The number of nitrogens with zero attached hydrogens (tertiary/aromatic N) is 2. The van der Waals surface area contributed by atoms with Gasteiger partial charge in [0.2, 0.25) is 0 Å². The van der Waals surface area contributed by atoms with Gasteiger partial charge in [-0.15, -0.1) is 0 Å². The van der Waals surface area contributed by atoms with Crippen molar-refractivity contribution < 1.29 is 0 Å². The third-order valence-corrected chi connectivity index (χ3v) is 3.45. The largest absolute Gasteiger partial charge is 0.333 e. The Morgan fingerprint density at radius 1 is 1.60 bits per heavy atom. The predicted octanol–water partition coefficient (Wildman–Crippen LogP) is 2.48. The van der Waals surface area contributed by atoms with E-state index in [4.69, 9.17) is 5.73 Å². The van der Waals surface area contributed by atoms with Gasteiger partial charge in [0.05, 0.1) is 12.0 Å². The summed E-state index contributed by atoms with van der Waals surface area (Å²) >= 11 is 0. The van der Waals surface area contributed by atoms with Gasteiger partial charge in [0, 0.05) is 18.8 Å². The van der Waals surface area contributed by atoms with Crippen LogP contribution < -0.4 is 5.73 Å². The van der Waals surface area contributed by atoms with Crippen LogP contribution in [-0.4, -0.2) is 9.55 Å². The molecule has 0 saturated heterocycles. The molecule has 3 nitrogen and oxygen atoms in total. The number of nitrogens with two attached hydrogens (primary N) is 1. The molecule has 1 heterocycles. The molecule has 1 aliphatic carbocycles. The van der Waals surface area contributed by atoms with E-state index in [1.807, 2.05) is 19.4 Å². The molecule has 2 N–H and O–H groups in total. The van der Waals surface area contributed by atoms with E-state index in [9.17, 15) is 0 Å². The van der Waals surface area contributed by atoms with Crippen LogP contribution >= 0.6 is 0 Å². The van der Waals surface area contributed by atoms with Gasteiger partial charge >= 0.3 is 0 Å². The standard InChI is InChI=1S/C12H21N3/c1-3-4-12(5-6-12)8-15-9-14-7-11(15)10(2)13/h7,9-10H,3-6,8,13H2,1-2H3/t10-/m0/s1. The van der Waals surface area contributed by atoms with E-state index in [-0.39, 0.29) is 6.04 Å². The van der Waals surface area contributed by atoms with Gasteiger partial charge in [-0.3, -0.25) is 0 Å². The van der Waals surface area contributed by atoms with E-state index < -0.39 is 0 Å². The summed E-state index contributed by atoms with van der Waals surface area (Å²) in [5.41, 5.74) is 7.64. The molecule has 0 radical (unpaired) electrons. The highest BCUT2D eigenvalue weighted by atomic mass is 15.1. The van der Waals surface area contributed by atoms with Gasteiger partial charge in [-0.1, -0.05) is 13.3 Å². The van der Waals surface area contributed by atoms with Crippen LogP contribution in [0.3, 0.4) is 0 Å². The van der Waals surface area contributed by atoms with Crippen LogP contribution in [0.15, 0.2) is 12.5 Å². The van der Waals surface area contributed by atoms with Crippen molar-refractivity contribution in [3.05, 3.63) is 18.2 Å². The molecule has 1 aromatic heterocycles. The maximum Gasteiger partial charge on any atom is 0.0948 e. The zero-order chi connectivity index (χ0) is 10.9. The molecule has 15 heavy (non-hydrogen) atoms. The highest BCUT2D eigenvalue weighted by molar-refractivity contribution is 5.05. The summed E-state index contributed by atoms with van der Waals surface area (Å²) in [4.78, 5) is 4.20. The van der Waals surface area contributed by atoms with Crippen LogP contribution in [0.25, 0.3) is 0 Å². The SMILES string of the molecule is CCCC1(Cn2cncc2[C@H](C)N)CC1. The van der Waals surface area contributed by atoms with Gasteiger partial charge in [-0.2, -0.15) is 0 Å².